The number of hydrogen-bond donors (Lipinski definition) is 1. The third kappa shape index (κ3) is 5.21. The molecule has 212 valence electrons. The number of hydrogen-bond acceptors (Lipinski definition) is 6. The number of carbonyl (C=O) groups is 2. The van der Waals surface area contributed by atoms with Crippen molar-refractivity contribution in [3.63, 3.8) is 0 Å². The standard InChI is InChI=1S/C35H31NO6/c1-22-17-27-18-26(14-15-28(27)42-22)33(37)31-32(36(35(39)34(31)38)20-23-9-5-3-6-10-23)25-13-16-29(30(19-25)40-2)41-21-24-11-7-4-8-12-24/h3-16,18-19,22,32,37H,17,20-21H2,1-2H3/t22-,32-/m0/s1. The maximum absolute atomic E-state index is 13.6. The Balaban J connectivity index is 1.41. The molecule has 0 spiro atoms. The van der Waals surface area contributed by atoms with Gasteiger partial charge in [0.2, 0.25) is 0 Å². The number of aliphatic hydroxyl groups is 1. The quantitative estimate of drug-likeness (QED) is 0.156. The van der Waals surface area contributed by atoms with Crippen molar-refractivity contribution in [2.75, 3.05) is 7.11 Å². The minimum Gasteiger partial charge on any atom is -0.507 e. The monoisotopic (exact) mass is 561 g/mol. The van der Waals surface area contributed by atoms with Crippen molar-refractivity contribution in [3.8, 4) is 17.2 Å². The Morgan fingerprint density at radius 3 is 2.33 bits per heavy atom. The van der Waals surface area contributed by atoms with Crippen LogP contribution in [0.3, 0.4) is 0 Å². The van der Waals surface area contributed by atoms with Crippen LogP contribution in [0.5, 0.6) is 17.2 Å². The minimum atomic E-state index is -0.842. The van der Waals surface area contributed by atoms with Crippen LogP contribution in [0, 0.1) is 0 Å². The van der Waals surface area contributed by atoms with Crippen LogP contribution in [-0.2, 0) is 29.2 Å². The highest BCUT2D eigenvalue weighted by molar-refractivity contribution is 6.46. The lowest BCUT2D eigenvalue weighted by Gasteiger charge is -2.26. The van der Waals surface area contributed by atoms with E-state index in [0.29, 0.717) is 35.7 Å². The molecule has 7 nitrogen and oxygen atoms in total. The third-order valence-corrected chi connectivity index (χ3v) is 7.65. The number of amides is 1. The topological polar surface area (TPSA) is 85.3 Å². The van der Waals surface area contributed by atoms with Crippen LogP contribution in [0.2, 0.25) is 0 Å². The summed E-state index contributed by atoms with van der Waals surface area (Å²) in [6, 6.07) is 29.1. The van der Waals surface area contributed by atoms with Crippen LogP contribution in [0.1, 0.15) is 40.8 Å². The van der Waals surface area contributed by atoms with Crippen LogP contribution in [-0.4, -0.2) is 34.9 Å². The molecule has 1 saturated heterocycles. The predicted molar refractivity (Wildman–Crippen MR) is 158 cm³/mol. The van der Waals surface area contributed by atoms with Gasteiger partial charge in [0, 0.05) is 18.5 Å². The summed E-state index contributed by atoms with van der Waals surface area (Å²) >= 11 is 0. The molecular formula is C35H31NO6. The van der Waals surface area contributed by atoms with E-state index in [-0.39, 0.29) is 24.0 Å². The fourth-order valence-corrected chi connectivity index (χ4v) is 5.60. The van der Waals surface area contributed by atoms with Gasteiger partial charge < -0.3 is 24.2 Å². The maximum Gasteiger partial charge on any atom is 0.295 e. The molecule has 1 N–H and O–H groups in total. The van der Waals surface area contributed by atoms with Gasteiger partial charge in [0.05, 0.1) is 18.7 Å². The van der Waals surface area contributed by atoms with Crippen molar-refractivity contribution in [1.29, 1.82) is 0 Å². The molecule has 2 aliphatic heterocycles. The summed E-state index contributed by atoms with van der Waals surface area (Å²) in [7, 11) is 1.54. The molecular weight excluding hydrogens is 530 g/mol. The molecule has 0 saturated carbocycles. The van der Waals surface area contributed by atoms with Crippen molar-refractivity contribution < 1.29 is 28.9 Å². The summed E-state index contributed by atoms with van der Waals surface area (Å²) in [5, 5.41) is 11.6. The molecule has 4 aromatic rings. The molecule has 1 fully saturated rings. The smallest absolute Gasteiger partial charge is 0.295 e. The first-order valence-corrected chi connectivity index (χ1v) is 13.9. The summed E-state index contributed by atoms with van der Waals surface area (Å²) < 4.78 is 17.5. The first kappa shape index (κ1) is 27.1. The largest absolute Gasteiger partial charge is 0.507 e. The molecule has 2 heterocycles. The van der Waals surface area contributed by atoms with Gasteiger partial charge in [0.1, 0.15) is 24.2 Å². The van der Waals surface area contributed by atoms with Crippen LogP contribution < -0.4 is 14.2 Å². The predicted octanol–water partition coefficient (Wildman–Crippen LogP) is 6.22. The van der Waals surface area contributed by atoms with Crippen molar-refractivity contribution in [3.05, 3.63) is 130 Å². The average Bonchev–Trinajstić information content (AvgIpc) is 3.51. The fourth-order valence-electron chi connectivity index (χ4n) is 5.60. The molecule has 0 aromatic heterocycles. The first-order chi connectivity index (χ1) is 20.4. The Hall–Kier alpha value is -5.04. The molecule has 4 aromatic carbocycles. The van der Waals surface area contributed by atoms with E-state index >= 15 is 0 Å². The van der Waals surface area contributed by atoms with Gasteiger partial charge in [-0.15, -0.1) is 0 Å². The molecule has 0 unspecified atom stereocenters. The molecule has 1 amide bonds. The Labute approximate surface area is 244 Å². The van der Waals surface area contributed by atoms with Crippen molar-refractivity contribution >= 4 is 17.4 Å². The molecule has 0 radical (unpaired) electrons. The van der Waals surface area contributed by atoms with Crippen LogP contribution in [0.25, 0.3) is 5.76 Å². The van der Waals surface area contributed by atoms with Crippen molar-refractivity contribution in [2.45, 2.75) is 38.6 Å². The van der Waals surface area contributed by atoms with Crippen molar-refractivity contribution in [1.82, 2.24) is 4.90 Å². The van der Waals surface area contributed by atoms with E-state index in [9.17, 15) is 14.7 Å². The number of fused-ring (bicyclic) bond motifs is 1. The lowest BCUT2D eigenvalue weighted by Crippen LogP contribution is -2.29. The van der Waals surface area contributed by atoms with E-state index in [1.807, 2.05) is 79.7 Å². The second-order valence-corrected chi connectivity index (χ2v) is 10.6. The van der Waals surface area contributed by atoms with Gasteiger partial charge in [-0.05, 0) is 59.5 Å². The number of ketones is 1. The first-order valence-electron chi connectivity index (χ1n) is 13.9. The highest BCUT2D eigenvalue weighted by atomic mass is 16.5. The molecule has 7 heteroatoms. The number of methoxy groups -OCH3 is 1. The van der Waals surface area contributed by atoms with E-state index in [4.69, 9.17) is 14.2 Å². The number of nitrogens with zero attached hydrogens (tertiary/aromatic N) is 1. The maximum atomic E-state index is 13.6. The number of carbonyl (C=O) groups excluding carboxylic acids is 2. The van der Waals surface area contributed by atoms with Crippen LogP contribution in [0.4, 0.5) is 0 Å². The van der Waals surface area contributed by atoms with Gasteiger partial charge in [0.15, 0.2) is 11.5 Å². The van der Waals surface area contributed by atoms with E-state index in [0.717, 1.165) is 22.4 Å². The van der Waals surface area contributed by atoms with Gasteiger partial charge in [-0.3, -0.25) is 9.59 Å². The molecule has 0 bridgehead atoms. The Morgan fingerprint density at radius 2 is 1.62 bits per heavy atom. The van der Waals surface area contributed by atoms with Gasteiger partial charge in [0.25, 0.3) is 11.7 Å². The zero-order valence-electron chi connectivity index (χ0n) is 23.4. The summed E-state index contributed by atoms with van der Waals surface area (Å²) in [6.07, 6.45) is 0.730. The van der Waals surface area contributed by atoms with Crippen LogP contribution in [0.15, 0.2) is 103 Å². The van der Waals surface area contributed by atoms with E-state index < -0.39 is 17.7 Å². The van der Waals surface area contributed by atoms with Gasteiger partial charge >= 0.3 is 0 Å². The number of aliphatic hydroxyl groups excluding tert-OH is 1. The summed E-state index contributed by atoms with van der Waals surface area (Å²) in [5.41, 5.74) is 3.93. The molecule has 2 atom stereocenters. The zero-order valence-corrected chi connectivity index (χ0v) is 23.4. The molecule has 6 rings (SSSR count). The fraction of sp³-hybridized carbons (Fsp3) is 0.200. The Bertz CT molecular complexity index is 1660. The van der Waals surface area contributed by atoms with E-state index in [2.05, 4.69) is 0 Å². The highest BCUT2D eigenvalue weighted by Crippen LogP contribution is 2.43. The molecule has 0 aliphatic carbocycles. The number of benzene rings is 4. The number of likely N-dealkylation sites (tertiary alicyclic amines) is 1. The normalized spacial score (nSPS) is 19.0. The van der Waals surface area contributed by atoms with Gasteiger partial charge in [-0.1, -0.05) is 66.7 Å². The van der Waals surface area contributed by atoms with Crippen molar-refractivity contribution in [2.24, 2.45) is 0 Å². The number of ether oxygens (including phenoxy) is 3. The molecule has 42 heavy (non-hydrogen) atoms. The minimum absolute atomic E-state index is 0.0304. The highest BCUT2D eigenvalue weighted by Gasteiger charge is 2.46. The lowest BCUT2D eigenvalue weighted by atomic mass is 9.94. The second-order valence-electron chi connectivity index (χ2n) is 10.6. The Morgan fingerprint density at radius 1 is 0.905 bits per heavy atom. The SMILES string of the molecule is COc1cc([C@H]2C(=C(O)c3ccc4c(c3)C[C@H](C)O4)C(=O)C(=O)N2Cc2ccccc2)ccc1OCc1ccccc1. The van der Waals surface area contributed by atoms with Crippen LogP contribution >= 0.6 is 0 Å². The summed E-state index contributed by atoms with van der Waals surface area (Å²) in [6.45, 7) is 2.52. The summed E-state index contributed by atoms with van der Waals surface area (Å²) in [5.74, 6) is 0.111. The second kappa shape index (κ2) is 11.4. The summed E-state index contributed by atoms with van der Waals surface area (Å²) in [4.78, 5) is 28.6. The van der Waals surface area contributed by atoms with E-state index in [1.165, 1.54) is 4.90 Å². The van der Waals surface area contributed by atoms with E-state index in [1.54, 1.807) is 31.4 Å². The van der Waals surface area contributed by atoms with Gasteiger partial charge in [-0.25, -0.2) is 0 Å². The Kier molecular flexibility index (Phi) is 7.40. The molecule has 2 aliphatic rings. The lowest BCUT2D eigenvalue weighted by molar-refractivity contribution is -0.140. The third-order valence-electron chi connectivity index (χ3n) is 7.65. The average molecular weight is 562 g/mol. The number of Topliss-reactive ketones (excluding diaryl/α,β-unsaturated/α-hetero) is 1. The van der Waals surface area contributed by atoms with Gasteiger partial charge in [-0.2, -0.15) is 0 Å². The zero-order chi connectivity index (χ0) is 29.2. The number of rotatable bonds is 8.